The summed E-state index contributed by atoms with van der Waals surface area (Å²) in [7, 11) is 0. The molecule has 1 heterocycles. The van der Waals surface area contributed by atoms with Gasteiger partial charge in [0.1, 0.15) is 6.04 Å². The number of Topliss-reactive ketones (excluding diaryl/α,β-unsaturated/α-hetero) is 1. The van der Waals surface area contributed by atoms with Crippen LogP contribution in [0, 0.1) is 0 Å². The van der Waals surface area contributed by atoms with Gasteiger partial charge in [-0.15, -0.1) is 11.3 Å². The highest BCUT2D eigenvalue weighted by Crippen LogP contribution is 2.27. The first kappa shape index (κ1) is 29.9. The SMILES string of the molecule is CC(=O)Nc1ccc(C(=O)NC(C(=O)c2nc3ccccc3s2)c2ccc(CN)cc2)cc1.O=C(O)C(F)(F)F. The Morgan fingerprint density at radius 2 is 1.57 bits per heavy atom. The average molecular weight is 573 g/mol. The molecule has 1 atom stereocenters. The summed E-state index contributed by atoms with van der Waals surface area (Å²) < 4.78 is 32.6. The van der Waals surface area contributed by atoms with Crippen LogP contribution in [0.1, 0.15) is 44.3 Å². The molecule has 0 aliphatic heterocycles. The van der Waals surface area contributed by atoms with E-state index in [-0.39, 0.29) is 11.7 Å². The number of benzene rings is 3. The number of amides is 2. The number of anilines is 1. The largest absolute Gasteiger partial charge is 0.490 e. The van der Waals surface area contributed by atoms with Crippen molar-refractivity contribution < 1.29 is 37.5 Å². The number of alkyl halides is 3. The van der Waals surface area contributed by atoms with E-state index in [1.807, 2.05) is 36.4 Å². The van der Waals surface area contributed by atoms with Crippen LogP contribution in [-0.2, 0) is 16.1 Å². The molecule has 4 aromatic rings. The predicted molar refractivity (Wildman–Crippen MR) is 143 cm³/mol. The summed E-state index contributed by atoms with van der Waals surface area (Å²) in [5.41, 5.74) is 8.94. The molecule has 3 aromatic carbocycles. The molecular formula is C27H23F3N4O5S. The van der Waals surface area contributed by atoms with Crippen LogP contribution >= 0.6 is 11.3 Å². The summed E-state index contributed by atoms with van der Waals surface area (Å²) in [5.74, 6) is -3.66. The van der Waals surface area contributed by atoms with Gasteiger partial charge in [-0.3, -0.25) is 14.4 Å². The number of aliphatic carboxylic acids is 1. The van der Waals surface area contributed by atoms with Gasteiger partial charge in [-0.2, -0.15) is 13.2 Å². The van der Waals surface area contributed by atoms with E-state index in [1.54, 1.807) is 36.4 Å². The van der Waals surface area contributed by atoms with Crippen LogP contribution in [0.25, 0.3) is 10.2 Å². The Hall–Kier alpha value is -4.62. The van der Waals surface area contributed by atoms with Crippen molar-refractivity contribution in [2.75, 3.05) is 5.32 Å². The van der Waals surface area contributed by atoms with Crippen molar-refractivity contribution >= 4 is 50.8 Å². The second-order valence-electron chi connectivity index (χ2n) is 8.26. The fourth-order valence-electron chi connectivity index (χ4n) is 3.37. The molecule has 1 aromatic heterocycles. The lowest BCUT2D eigenvalue weighted by Gasteiger charge is -2.18. The van der Waals surface area contributed by atoms with E-state index in [0.717, 1.165) is 15.8 Å². The molecule has 0 saturated carbocycles. The highest BCUT2D eigenvalue weighted by molar-refractivity contribution is 7.20. The van der Waals surface area contributed by atoms with Crippen molar-refractivity contribution in [1.29, 1.82) is 0 Å². The van der Waals surface area contributed by atoms with Crippen molar-refractivity contribution in [3.63, 3.8) is 0 Å². The predicted octanol–water partition coefficient (Wildman–Crippen LogP) is 4.70. The maximum atomic E-state index is 13.5. The van der Waals surface area contributed by atoms with Gasteiger partial charge in [-0.1, -0.05) is 36.4 Å². The second kappa shape index (κ2) is 13.0. The third-order valence-electron chi connectivity index (χ3n) is 5.30. The number of carboxylic acid groups (broad SMARTS) is 1. The molecule has 208 valence electrons. The zero-order valence-corrected chi connectivity index (χ0v) is 21.7. The van der Waals surface area contributed by atoms with E-state index < -0.39 is 24.1 Å². The Labute approximate surface area is 229 Å². The average Bonchev–Trinajstić information content (AvgIpc) is 3.36. The minimum atomic E-state index is -5.08. The van der Waals surface area contributed by atoms with Crippen molar-refractivity contribution in [2.45, 2.75) is 25.7 Å². The normalized spacial score (nSPS) is 11.6. The van der Waals surface area contributed by atoms with Crippen LogP contribution < -0.4 is 16.4 Å². The Morgan fingerprint density at radius 3 is 2.10 bits per heavy atom. The monoisotopic (exact) mass is 572 g/mol. The lowest BCUT2D eigenvalue weighted by Crippen LogP contribution is -2.34. The highest BCUT2D eigenvalue weighted by Gasteiger charge is 2.38. The molecule has 0 saturated heterocycles. The smallest absolute Gasteiger partial charge is 0.475 e. The van der Waals surface area contributed by atoms with Gasteiger partial charge in [0.2, 0.25) is 11.7 Å². The fourth-order valence-corrected chi connectivity index (χ4v) is 4.31. The number of fused-ring (bicyclic) bond motifs is 1. The third kappa shape index (κ3) is 7.94. The van der Waals surface area contributed by atoms with E-state index in [1.165, 1.54) is 18.3 Å². The maximum Gasteiger partial charge on any atom is 0.490 e. The van der Waals surface area contributed by atoms with Crippen LogP contribution in [0.4, 0.5) is 18.9 Å². The summed E-state index contributed by atoms with van der Waals surface area (Å²) in [6.45, 7) is 1.79. The number of nitrogens with zero attached hydrogens (tertiary/aromatic N) is 1. The number of hydrogen-bond acceptors (Lipinski definition) is 7. The van der Waals surface area contributed by atoms with Gasteiger partial charge < -0.3 is 21.5 Å². The van der Waals surface area contributed by atoms with Gasteiger partial charge in [0.05, 0.1) is 10.2 Å². The van der Waals surface area contributed by atoms with Gasteiger partial charge in [0.15, 0.2) is 5.01 Å². The summed E-state index contributed by atoms with van der Waals surface area (Å²) in [4.78, 5) is 51.1. The number of nitrogens with two attached hydrogens (primary N) is 1. The molecule has 0 radical (unpaired) electrons. The van der Waals surface area contributed by atoms with Crippen molar-refractivity contribution in [3.05, 3.63) is 94.5 Å². The summed E-state index contributed by atoms with van der Waals surface area (Å²) in [6, 6.07) is 20.3. The molecule has 40 heavy (non-hydrogen) atoms. The minimum absolute atomic E-state index is 0.199. The Kier molecular flexibility index (Phi) is 9.69. The van der Waals surface area contributed by atoms with E-state index in [0.29, 0.717) is 28.4 Å². The standard InChI is InChI=1S/C25H22N4O3S.C2HF3O2/c1-15(30)27-19-12-10-18(11-13-19)24(32)29-22(17-8-6-16(14-26)7-9-17)23(31)25-28-20-4-2-3-5-21(20)33-25;3-2(4,5)1(6)7/h2-13,22H,14,26H2,1H3,(H,27,30)(H,29,32);(H,6,7). The number of carbonyl (C=O) groups excluding carboxylic acids is 3. The molecule has 0 fully saturated rings. The molecule has 9 nitrogen and oxygen atoms in total. The molecule has 2 amide bonds. The number of halogens is 3. The van der Waals surface area contributed by atoms with Crippen molar-refractivity contribution in [3.8, 4) is 0 Å². The topological polar surface area (TPSA) is 151 Å². The van der Waals surface area contributed by atoms with Gasteiger partial charge in [-0.25, -0.2) is 9.78 Å². The lowest BCUT2D eigenvalue weighted by molar-refractivity contribution is -0.192. The number of thiazole rings is 1. The van der Waals surface area contributed by atoms with Crippen LogP contribution in [0.2, 0.25) is 0 Å². The van der Waals surface area contributed by atoms with Gasteiger partial charge in [0, 0.05) is 24.7 Å². The maximum absolute atomic E-state index is 13.5. The van der Waals surface area contributed by atoms with E-state index in [2.05, 4.69) is 15.6 Å². The lowest BCUT2D eigenvalue weighted by atomic mass is 10.0. The number of hydrogen-bond donors (Lipinski definition) is 4. The first-order chi connectivity index (χ1) is 18.9. The number of para-hydroxylation sites is 1. The van der Waals surface area contributed by atoms with Gasteiger partial charge in [-0.05, 0) is 47.5 Å². The number of aromatic nitrogens is 1. The molecule has 0 aliphatic rings. The van der Waals surface area contributed by atoms with Crippen molar-refractivity contribution in [2.24, 2.45) is 5.73 Å². The van der Waals surface area contributed by atoms with E-state index in [4.69, 9.17) is 15.6 Å². The molecule has 13 heteroatoms. The van der Waals surface area contributed by atoms with E-state index in [9.17, 15) is 27.6 Å². The zero-order chi connectivity index (χ0) is 29.4. The van der Waals surface area contributed by atoms with Crippen LogP contribution in [-0.4, -0.2) is 39.8 Å². The first-order valence-corrected chi connectivity index (χ1v) is 12.4. The second-order valence-corrected chi connectivity index (χ2v) is 9.30. The molecule has 5 N–H and O–H groups in total. The van der Waals surface area contributed by atoms with Gasteiger partial charge in [0.25, 0.3) is 5.91 Å². The number of carboxylic acids is 1. The Balaban J connectivity index is 0.000000559. The molecule has 1 unspecified atom stereocenters. The molecular weight excluding hydrogens is 549 g/mol. The quantitative estimate of drug-likeness (QED) is 0.234. The fraction of sp³-hybridized carbons (Fsp3) is 0.148. The molecule has 4 rings (SSSR count). The minimum Gasteiger partial charge on any atom is -0.475 e. The Bertz CT molecular complexity index is 1490. The van der Waals surface area contributed by atoms with Crippen molar-refractivity contribution in [1.82, 2.24) is 10.3 Å². The number of nitrogens with one attached hydrogen (secondary N) is 2. The van der Waals surface area contributed by atoms with Crippen LogP contribution in [0.15, 0.2) is 72.8 Å². The number of carbonyl (C=O) groups is 4. The highest BCUT2D eigenvalue weighted by atomic mass is 32.1. The molecule has 0 bridgehead atoms. The molecule has 0 aliphatic carbocycles. The summed E-state index contributed by atoms with van der Waals surface area (Å²) in [5, 5.41) is 13.0. The third-order valence-corrected chi connectivity index (χ3v) is 6.35. The summed E-state index contributed by atoms with van der Waals surface area (Å²) >= 11 is 1.29. The van der Waals surface area contributed by atoms with Gasteiger partial charge >= 0.3 is 12.1 Å². The summed E-state index contributed by atoms with van der Waals surface area (Å²) in [6.07, 6.45) is -5.08. The van der Waals surface area contributed by atoms with E-state index >= 15 is 0 Å². The molecule has 0 spiro atoms. The Morgan fingerprint density at radius 1 is 0.975 bits per heavy atom. The number of rotatable bonds is 7. The van der Waals surface area contributed by atoms with Crippen LogP contribution in [0.3, 0.4) is 0 Å². The van der Waals surface area contributed by atoms with Crippen LogP contribution in [0.5, 0.6) is 0 Å². The first-order valence-electron chi connectivity index (χ1n) is 11.6. The number of ketones is 1. The zero-order valence-electron chi connectivity index (χ0n) is 20.9.